The molecule has 0 aliphatic heterocycles. The SMILES string of the molecule is O=NNc1ncc([N+](=O)[O-])cn1.[Na+]. The van der Waals surface area contributed by atoms with Gasteiger partial charge in [-0.05, 0) is 0 Å². The molecule has 1 N–H and O–H groups in total. The van der Waals surface area contributed by atoms with E-state index >= 15 is 0 Å². The molecule has 0 saturated carbocycles. The second kappa shape index (κ2) is 5.51. The van der Waals surface area contributed by atoms with E-state index in [-0.39, 0.29) is 41.2 Å². The standard InChI is InChI=1S/C4H3N5O3.Na/c10-8-7-4-5-1-3(2-6-4)9(11)12;/h1-2H,(H,5,6,7,10);/q;+1. The summed E-state index contributed by atoms with van der Waals surface area (Å²) in [5.41, 5.74) is 1.65. The third-order valence-electron chi connectivity index (χ3n) is 0.995. The Labute approximate surface area is 94.2 Å². The van der Waals surface area contributed by atoms with Crippen molar-refractivity contribution in [1.82, 2.24) is 9.97 Å². The Bertz CT molecular complexity index is 301. The van der Waals surface area contributed by atoms with Gasteiger partial charge in [0.05, 0.1) is 10.2 Å². The van der Waals surface area contributed by atoms with Crippen LogP contribution >= 0.6 is 0 Å². The number of rotatable bonds is 3. The molecule has 62 valence electrons. The fraction of sp³-hybridized carbons (Fsp3) is 0. The Hall–Kier alpha value is -1.12. The van der Waals surface area contributed by atoms with E-state index in [9.17, 15) is 15.0 Å². The second-order valence-electron chi connectivity index (χ2n) is 1.73. The van der Waals surface area contributed by atoms with Gasteiger partial charge in [0.25, 0.3) is 0 Å². The molecular formula is C4H3N5NaO3+. The average Bonchev–Trinajstić information content (AvgIpc) is 2.06. The van der Waals surface area contributed by atoms with Crippen LogP contribution in [0.15, 0.2) is 17.7 Å². The van der Waals surface area contributed by atoms with Crippen molar-refractivity contribution in [3.05, 3.63) is 27.4 Å². The summed E-state index contributed by atoms with van der Waals surface area (Å²) in [5, 5.41) is 12.4. The molecule has 0 saturated heterocycles. The van der Waals surface area contributed by atoms with Gasteiger partial charge in [0.15, 0.2) is 0 Å². The molecule has 13 heavy (non-hydrogen) atoms. The van der Waals surface area contributed by atoms with E-state index in [1.165, 1.54) is 0 Å². The van der Waals surface area contributed by atoms with Crippen molar-refractivity contribution in [3.63, 3.8) is 0 Å². The van der Waals surface area contributed by atoms with Crippen LogP contribution in [0.5, 0.6) is 0 Å². The fourth-order valence-corrected chi connectivity index (χ4v) is 0.514. The van der Waals surface area contributed by atoms with Crippen LogP contribution in [-0.4, -0.2) is 14.9 Å². The minimum Gasteiger partial charge on any atom is -0.258 e. The molecule has 0 atom stereocenters. The molecule has 0 aliphatic rings. The predicted octanol–water partition coefficient (Wildman–Crippen LogP) is -2.52. The summed E-state index contributed by atoms with van der Waals surface area (Å²) in [5.74, 6) is -0.0735. The third-order valence-corrected chi connectivity index (χ3v) is 0.995. The van der Waals surface area contributed by atoms with Gasteiger partial charge < -0.3 is 0 Å². The Balaban J connectivity index is 0.00000144. The van der Waals surface area contributed by atoms with Crippen LogP contribution in [0.25, 0.3) is 0 Å². The van der Waals surface area contributed by atoms with Crippen molar-refractivity contribution in [3.8, 4) is 0 Å². The van der Waals surface area contributed by atoms with Crippen LogP contribution in [-0.2, 0) is 0 Å². The monoisotopic (exact) mass is 192 g/mol. The average molecular weight is 192 g/mol. The van der Waals surface area contributed by atoms with E-state index in [1.807, 2.05) is 5.43 Å². The van der Waals surface area contributed by atoms with Gasteiger partial charge in [-0.2, -0.15) is 0 Å². The molecule has 0 fully saturated rings. The number of nitrogens with zero attached hydrogens (tertiary/aromatic N) is 4. The maximum absolute atomic E-state index is 10.1. The number of hydrogen-bond acceptors (Lipinski definition) is 6. The Morgan fingerprint density at radius 1 is 1.46 bits per heavy atom. The van der Waals surface area contributed by atoms with Crippen molar-refractivity contribution in [1.29, 1.82) is 0 Å². The van der Waals surface area contributed by atoms with Gasteiger partial charge in [0.1, 0.15) is 12.4 Å². The van der Waals surface area contributed by atoms with Gasteiger partial charge in [-0.1, -0.05) is 0 Å². The van der Waals surface area contributed by atoms with Crippen molar-refractivity contribution in [2.24, 2.45) is 5.29 Å². The first-order valence-electron chi connectivity index (χ1n) is 2.79. The molecule has 0 aromatic carbocycles. The number of nitro groups is 1. The smallest absolute Gasteiger partial charge is 0.258 e. The van der Waals surface area contributed by atoms with Crippen LogP contribution < -0.4 is 35.0 Å². The maximum Gasteiger partial charge on any atom is 1.00 e. The number of nitroso groups, excluding NO2 is 1. The van der Waals surface area contributed by atoms with Crippen LogP contribution in [0.3, 0.4) is 0 Å². The third kappa shape index (κ3) is 3.40. The van der Waals surface area contributed by atoms with Gasteiger partial charge in [-0.3, -0.25) is 10.1 Å². The van der Waals surface area contributed by atoms with Crippen molar-refractivity contribution >= 4 is 11.6 Å². The van der Waals surface area contributed by atoms with E-state index in [0.29, 0.717) is 0 Å². The maximum atomic E-state index is 10.1. The number of hydrogen-bond donors (Lipinski definition) is 1. The molecule has 9 heteroatoms. The second-order valence-corrected chi connectivity index (χ2v) is 1.73. The van der Waals surface area contributed by atoms with Crippen LogP contribution in [0.1, 0.15) is 0 Å². The number of nitrogens with one attached hydrogen (secondary N) is 1. The molecule has 0 unspecified atom stereocenters. The van der Waals surface area contributed by atoms with Crippen molar-refractivity contribution in [2.45, 2.75) is 0 Å². The molecule has 1 rings (SSSR count). The first-order valence-corrected chi connectivity index (χ1v) is 2.79. The largest absolute Gasteiger partial charge is 1.00 e. The van der Waals surface area contributed by atoms with Gasteiger partial charge in [0, 0.05) is 0 Å². The molecule has 0 radical (unpaired) electrons. The van der Waals surface area contributed by atoms with E-state index in [0.717, 1.165) is 12.4 Å². The Morgan fingerprint density at radius 2 is 2.00 bits per heavy atom. The Kier molecular flexibility index (Phi) is 5.04. The van der Waals surface area contributed by atoms with E-state index in [1.54, 1.807) is 0 Å². The molecule has 1 aromatic heterocycles. The number of aromatic nitrogens is 2. The summed E-state index contributed by atoms with van der Waals surface area (Å²) in [6, 6.07) is 0. The van der Waals surface area contributed by atoms with E-state index in [4.69, 9.17) is 0 Å². The van der Waals surface area contributed by atoms with Crippen molar-refractivity contribution < 1.29 is 34.5 Å². The van der Waals surface area contributed by atoms with E-state index in [2.05, 4.69) is 15.3 Å². The van der Waals surface area contributed by atoms with Crippen molar-refractivity contribution in [2.75, 3.05) is 5.43 Å². The first-order chi connectivity index (χ1) is 5.74. The van der Waals surface area contributed by atoms with Gasteiger partial charge in [-0.15, -0.1) is 4.91 Å². The molecule has 0 aliphatic carbocycles. The minimum atomic E-state index is -0.641. The summed E-state index contributed by atoms with van der Waals surface area (Å²) >= 11 is 0. The van der Waals surface area contributed by atoms with Crippen LogP contribution in [0.2, 0.25) is 0 Å². The normalized spacial score (nSPS) is 8.31. The zero-order valence-corrected chi connectivity index (χ0v) is 8.67. The zero-order valence-electron chi connectivity index (χ0n) is 6.67. The van der Waals surface area contributed by atoms with E-state index < -0.39 is 4.92 Å². The molecule has 8 nitrogen and oxygen atoms in total. The fourth-order valence-electron chi connectivity index (χ4n) is 0.514. The predicted molar refractivity (Wildman–Crippen MR) is 38.1 cm³/mol. The number of anilines is 1. The van der Waals surface area contributed by atoms with Gasteiger partial charge >= 0.3 is 35.2 Å². The summed E-state index contributed by atoms with van der Waals surface area (Å²) in [6.07, 6.45) is 1.95. The summed E-state index contributed by atoms with van der Waals surface area (Å²) in [6.45, 7) is 0. The molecular weight excluding hydrogens is 189 g/mol. The molecule has 0 bridgehead atoms. The molecule has 0 spiro atoms. The first kappa shape index (κ1) is 11.9. The zero-order chi connectivity index (χ0) is 8.97. The summed E-state index contributed by atoms with van der Waals surface area (Å²) in [7, 11) is 0. The minimum absolute atomic E-state index is 0. The molecule has 1 heterocycles. The molecule has 0 amide bonds. The Morgan fingerprint density at radius 3 is 2.38 bits per heavy atom. The van der Waals surface area contributed by atoms with Crippen LogP contribution in [0, 0.1) is 15.0 Å². The summed E-state index contributed by atoms with van der Waals surface area (Å²) in [4.78, 5) is 25.9. The molecule has 1 aromatic rings. The van der Waals surface area contributed by atoms with Gasteiger partial charge in [-0.25, -0.2) is 15.4 Å². The summed E-state index contributed by atoms with van der Waals surface area (Å²) < 4.78 is 0. The topological polar surface area (TPSA) is 110 Å². The van der Waals surface area contributed by atoms with Crippen LogP contribution in [0.4, 0.5) is 11.6 Å². The van der Waals surface area contributed by atoms with Gasteiger partial charge in [0.2, 0.25) is 5.95 Å². The quantitative estimate of drug-likeness (QED) is 0.245.